The van der Waals surface area contributed by atoms with Gasteiger partial charge >= 0.3 is 0 Å². The smallest absolute Gasteiger partial charge is 0.253 e. The Labute approximate surface area is 168 Å². The summed E-state index contributed by atoms with van der Waals surface area (Å²) in [4.78, 5) is 15.8. The Morgan fingerprint density at radius 2 is 1.86 bits per heavy atom. The van der Waals surface area contributed by atoms with Gasteiger partial charge < -0.3 is 14.6 Å². The zero-order valence-electron chi connectivity index (χ0n) is 15.5. The molecule has 1 aliphatic rings. The maximum absolute atomic E-state index is 12.5. The average molecular weight is 419 g/mol. The summed E-state index contributed by atoms with van der Waals surface area (Å²) >= 11 is 1.61. The van der Waals surface area contributed by atoms with E-state index in [2.05, 4.69) is 10.2 Å². The Hall–Kier alpha value is -2.36. The third-order valence-electron chi connectivity index (χ3n) is 4.93. The predicted molar refractivity (Wildman–Crippen MR) is 112 cm³/mol. The number of thiophene rings is 1. The van der Waals surface area contributed by atoms with Gasteiger partial charge in [0.1, 0.15) is 5.82 Å². The van der Waals surface area contributed by atoms with Crippen LogP contribution in [0, 0.1) is 0 Å². The van der Waals surface area contributed by atoms with Crippen LogP contribution in [-0.2, 0) is 16.6 Å². The van der Waals surface area contributed by atoms with Crippen molar-refractivity contribution in [3.05, 3.63) is 58.4 Å². The molecule has 1 fully saturated rings. The number of hydrogen-bond donors (Lipinski definition) is 1. The zero-order valence-corrected chi connectivity index (χ0v) is 17.2. The van der Waals surface area contributed by atoms with E-state index >= 15 is 0 Å². The highest BCUT2D eigenvalue weighted by atomic mass is 32.2. The van der Waals surface area contributed by atoms with E-state index in [4.69, 9.17) is 0 Å². The number of fused-ring (bicyclic) bond motifs is 1. The lowest BCUT2D eigenvalue weighted by Gasteiger charge is -2.34. The molecule has 0 atom stereocenters. The molecule has 3 aromatic rings. The van der Waals surface area contributed by atoms with Crippen molar-refractivity contribution in [2.75, 3.05) is 37.3 Å². The Morgan fingerprint density at radius 3 is 2.54 bits per heavy atom. The first-order chi connectivity index (χ1) is 13.4. The second-order valence-corrected chi connectivity index (χ2v) is 9.83. The number of carbonyl (C=O) groups is 1. The second kappa shape index (κ2) is 7.57. The van der Waals surface area contributed by atoms with Crippen LogP contribution >= 0.6 is 11.3 Å². The minimum absolute atomic E-state index is 0.114. The molecule has 4 rings (SSSR count). The van der Waals surface area contributed by atoms with Gasteiger partial charge in [-0.05, 0) is 35.7 Å². The summed E-state index contributed by atoms with van der Waals surface area (Å²) in [6.45, 7) is 2.68. The summed E-state index contributed by atoms with van der Waals surface area (Å²) in [7, 11) is -3.16. The van der Waals surface area contributed by atoms with Crippen LogP contribution in [0.25, 0.3) is 5.52 Å². The molecule has 0 bridgehead atoms. The standard InChI is InChI=1S/C19H22N4O3S2/c1-28(25,26)22-10-8-21(9-11-22)18-7-6-16-5-4-15(14-23(16)18)19(24)20-13-17-3-2-12-27-17/h2-7,12,14H,8-11,13H2,1H3,(H,20,24). The number of rotatable bonds is 5. The zero-order chi connectivity index (χ0) is 19.7. The third kappa shape index (κ3) is 3.91. The van der Waals surface area contributed by atoms with Crippen LogP contribution in [0.3, 0.4) is 0 Å². The van der Waals surface area contributed by atoms with Crippen molar-refractivity contribution in [3.63, 3.8) is 0 Å². The van der Waals surface area contributed by atoms with Crippen molar-refractivity contribution in [3.8, 4) is 0 Å². The van der Waals surface area contributed by atoms with E-state index in [0.717, 1.165) is 16.2 Å². The minimum Gasteiger partial charge on any atom is -0.355 e. The van der Waals surface area contributed by atoms with Crippen LogP contribution in [0.2, 0.25) is 0 Å². The lowest BCUT2D eigenvalue weighted by atomic mass is 10.2. The first-order valence-corrected chi connectivity index (χ1v) is 11.8. The number of amides is 1. The van der Waals surface area contributed by atoms with E-state index in [1.54, 1.807) is 11.3 Å². The molecule has 7 nitrogen and oxygen atoms in total. The molecule has 0 aliphatic carbocycles. The molecule has 1 aliphatic heterocycles. The lowest BCUT2D eigenvalue weighted by molar-refractivity contribution is 0.0951. The Bertz CT molecular complexity index is 1080. The van der Waals surface area contributed by atoms with Gasteiger partial charge in [-0.15, -0.1) is 11.3 Å². The number of piperazine rings is 1. The van der Waals surface area contributed by atoms with Gasteiger partial charge in [-0.1, -0.05) is 6.07 Å². The Balaban J connectivity index is 1.51. The van der Waals surface area contributed by atoms with Gasteiger partial charge in [-0.3, -0.25) is 4.79 Å². The molecule has 9 heteroatoms. The Morgan fingerprint density at radius 1 is 1.11 bits per heavy atom. The maximum atomic E-state index is 12.5. The summed E-state index contributed by atoms with van der Waals surface area (Å²) in [5, 5.41) is 4.94. The fourth-order valence-corrected chi connectivity index (χ4v) is 4.88. The molecular weight excluding hydrogens is 396 g/mol. The van der Waals surface area contributed by atoms with Crippen molar-refractivity contribution in [1.82, 2.24) is 14.0 Å². The number of sulfonamides is 1. The molecule has 28 heavy (non-hydrogen) atoms. The summed E-state index contributed by atoms with van der Waals surface area (Å²) in [6, 6.07) is 11.7. The van der Waals surface area contributed by atoms with Crippen LogP contribution in [0.4, 0.5) is 5.82 Å². The quantitative estimate of drug-likeness (QED) is 0.688. The van der Waals surface area contributed by atoms with Crippen LogP contribution in [0.1, 0.15) is 15.2 Å². The highest BCUT2D eigenvalue weighted by molar-refractivity contribution is 7.88. The number of aromatic nitrogens is 1. The van der Waals surface area contributed by atoms with Crippen molar-refractivity contribution >= 4 is 38.6 Å². The van der Waals surface area contributed by atoms with Crippen molar-refractivity contribution in [2.45, 2.75) is 6.54 Å². The van der Waals surface area contributed by atoms with Crippen LogP contribution in [-0.4, -0.2) is 55.5 Å². The molecule has 148 valence electrons. The first kappa shape index (κ1) is 19.0. The lowest BCUT2D eigenvalue weighted by Crippen LogP contribution is -2.48. The molecule has 0 radical (unpaired) electrons. The average Bonchev–Trinajstić information content (AvgIpc) is 3.34. The number of nitrogens with zero attached hydrogens (tertiary/aromatic N) is 3. The van der Waals surface area contributed by atoms with Crippen LogP contribution in [0.15, 0.2) is 48.0 Å². The molecule has 1 N–H and O–H groups in total. The number of anilines is 1. The molecule has 0 unspecified atom stereocenters. The summed E-state index contributed by atoms with van der Waals surface area (Å²) in [6.07, 6.45) is 3.09. The fourth-order valence-electron chi connectivity index (χ4n) is 3.41. The van der Waals surface area contributed by atoms with E-state index in [0.29, 0.717) is 38.3 Å². The van der Waals surface area contributed by atoms with Gasteiger partial charge in [0, 0.05) is 42.8 Å². The molecule has 1 amide bonds. The van der Waals surface area contributed by atoms with Gasteiger partial charge in [0.05, 0.1) is 18.4 Å². The van der Waals surface area contributed by atoms with E-state index in [-0.39, 0.29) is 5.91 Å². The van der Waals surface area contributed by atoms with Gasteiger partial charge in [-0.25, -0.2) is 8.42 Å². The largest absolute Gasteiger partial charge is 0.355 e. The summed E-state index contributed by atoms with van der Waals surface area (Å²) < 4.78 is 26.9. The van der Waals surface area contributed by atoms with E-state index in [1.165, 1.54) is 10.6 Å². The van der Waals surface area contributed by atoms with Crippen molar-refractivity contribution in [1.29, 1.82) is 0 Å². The van der Waals surface area contributed by atoms with Crippen LogP contribution in [0.5, 0.6) is 0 Å². The number of nitrogens with one attached hydrogen (secondary N) is 1. The van der Waals surface area contributed by atoms with Gasteiger partial charge in [-0.2, -0.15) is 4.31 Å². The molecule has 1 saturated heterocycles. The third-order valence-corrected chi connectivity index (χ3v) is 7.11. The maximum Gasteiger partial charge on any atom is 0.253 e. The fraction of sp³-hybridized carbons (Fsp3) is 0.316. The van der Waals surface area contributed by atoms with Gasteiger partial charge in [0.2, 0.25) is 10.0 Å². The molecule has 3 aromatic heterocycles. The number of pyridine rings is 1. The van der Waals surface area contributed by atoms with Gasteiger partial charge in [0.15, 0.2) is 0 Å². The predicted octanol–water partition coefficient (Wildman–Crippen LogP) is 2.01. The summed E-state index contributed by atoms with van der Waals surface area (Å²) in [5.74, 6) is 0.855. The normalized spacial score (nSPS) is 15.8. The topological polar surface area (TPSA) is 74.1 Å². The number of hydrogen-bond acceptors (Lipinski definition) is 5. The van der Waals surface area contributed by atoms with E-state index in [9.17, 15) is 13.2 Å². The minimum atomic E-state index is -3.16. The van der Waals surface area contributed by atoms with Gasteiger partial charge in [0.25, 0.3) is 5.91 Å². The SMILES string of the molecule is CS(=O)(=O)N1CCN(c2ccc3ccc(C(=O)NCc4cccs4)cn23)CC1. The monoisotopic (exact) mass is 418 g/mol. The molecule has 0 spiro atoms. The summed E-state index contributed by atoms with van der Waals surface area (Å²) in [5.41, 5.74) is 1.59. The molecule has 0 aromatic carbocycles. The Kier molecular flexibility index (Phi) is 5.13. The van der Waals surface area contributed by atoms with Crippen molar-refractivity contribution < 1.29 is 13.2 Å². The number of carbonyl (C=O) groups excluding carboxylic acids is 1. The second-order valence-electron chi connectivity index (χ2n) is 6.82. The highest BCUT2D eigenvalue weighted by Gasteiger charge is 2.24. The van der Waals surface area contributed by atoms with Crippen LogP contribution < -0.4 is 10.2 Å². The molecule has 0 saturated carbocycles. The van der Waals surface area contributed by atoms with E-state index < -0.39 is 10.0 Å². The molecular formula is C19H22N4O3S2. The highest BCUT2D eigenvalue weighted by Crippen LogP contribution is 2.22. The first-order valence-electron chi connectivity index (χ1n) is 9.03. The van der Waals surface area contributed by atoms with E-state index in [1.807, 2.05) is 52.4 Å². The van der Waals surface area contributed by atoms with Crippen molar-refractivity contribution in [2.24, 2.45) is 0 Å². The molecule has 4 heterocycles.